The van der Waals surface area contributed by atoms with E-state index < -0.39 is 0 Å². The normalized spacial score (nSPS) is 24.0. The van der Waals surface area contributed by atoms with Crippen molar-refractivity contribution in [2.45, 2.75) is 32.0 Å². The van der Waals surface area contributed by atoms with Crippen LogP contribution in [0.1, 0.15) is 29.7 Å². The summed E-state index contributed by atoms with van der Waals surface area (Å²) in [5, 5.41) is 9.12. The van der Waals surface area contributed by atoms with Gasteiger partial charge >= 0.3 is 0 Å². The second kappa shape index (κ2) is 7.35. The van der Waals surface area contributed by atoms with Gasteiger partial charge in [-0.25, -0.2) is 0 Å². The third kappa shape index (κ3) is 3.89. The van der Waals surface area contributed by atoms with Crippen molar-refractivity contribution in [3.8, 4) is 6.07 Å². The van der Waals surface area contributed by atoms with Crippen molar-refractivity contribution >= 4 is 0 Å². The molecule has 2 aromatic rings. The van der Waals surface area contributed by atoms with Crippen LogP contribution < -0.4 is 0 Å². The average Bonchev–Trinajstić information content (AvgIpc) is 2.93. The van der Waals surface area contributed by atoms with Gasteiger partial charge in [0, 0.05) is 45.0 Å². The third-order valence-corrected chi connectivity index (χ3v) is 5.46. The summed E-state index contributed by atoms with van der Waals surface area (Å²) in [5.41, 5.74) is 3.18. The first-order valence-electron chi connectivity index (χ1n) is 9.15. The summed E-state index contributed by atoms with van der Waals surface area (Å²) in [6.07, 6.45) is 4.50. The smallest absolute Gasteiger partial charge is 0.0991 e. The van der Waals surface area contributed by atoms with Crippen molar-refractivity contribution in [1.29, 1.82) is 5.26 Å². The Balaban J connectivity index is 1.45. The standard InChI is InChI=1S/C21H24N4/c22-11-17-4-3-5-18(10-17)13-25-14-19-7-8-21(25)16-24(12-19)15-20-6-1-2-9-23-20/h1-6,9-10,19,21H,7-8,12-16H2/t19-,21+/m1/s1. The average molecular weight is 332 g/mol. The maximum absolute atomic E-state index is 9.12. The highest BCUT2D eigenvalue weighted by atomic mass is 15.3. The molecule has 0 N–H and O–H groups in total. The van der Waals surface area contributed by atoms with E-state index in [4.69, 9.17) is 5.26 Å². The van der Waals surface area contributed by atoms with Gasteiger partial charge in [0.15, 0.2) is 0 Å². The first-order chi connectivity index (χ1) is 12.3. The first-order valence-corrected chi connectivity index (χ1v) is 9.15. The molecule has 3 aliphatic heterocycles. The summed E-state index contributed by atoms with van der Waals surface area (Å²) >= 11 is 0. The summed E-state index contributed by atoms with van der Waals surface area (Å²) in [6.45, 7) is 5.35. The zero-order valence-corrected chi connectivity index (χ0v) is 14.5. The summed E-state index contributed by atoms with van der Waals surface area (Å²) in [6, 6.07) is 17.1. The number of nitrogens with zero attached hydrogens (tertiary/aromatic N) is 4. The van der Waals surface area contributed by atoms with Crippen LogP contribution in [0.25, 0.3) is 0 Å². The lowest BCUT2D eigenvalue weighted by Gasteiger charge is -2.36. The fourth-order valence-electron chi connectivity index (χ4n) is 4.29. The van der Waals surface area contributed by atoms with Gasteiger partial charge in [-0.2, -0.15) is 5.26 Å². The van der Waals surface area contributed by atoms with Crippen molar-refractivity contribution < 1.29 is 0 Å². The van der Waals surface area contributed by atoms with Gasteiger partial charge in [0.1, 0.15) is 0 Å². The maximum Gasteiger partial charge on any atom is 0.0991 e. The molecular weight excluding hydrogens is 308 g/mol. The molecule has 2 atom stereocenters. The Morgan fingerprint density at radius 2 is 2.00 bits per heavy atom. The highest BCUT2D eigenvalue weighted by molar-refractivity contribution is 5.32. The number of nitriles is 1. The Hall–Kier alpha value is -2.22. The molecule has 1 aromatic heterocycles. The lowest BCUT2D eigenvalue weighted by atomic mass is 9.94. The zero-order valence-electron chi connectivity index (χ0n) is 14.5. The summed E-state index contributed by atoms with van der Waals surface area (Å²) in [4.78, 5) is 9.70. The maximum atomic E-state index is 9.12. The molecule has 0 radical (unpaired) electrons. The van der Waals surface area contributed by atoms with Crippen molar-refractivity contribution in [3.63, 3.8) is 0 Å². The van der Waals surface area contributed by atoms with Crippen LogP contribution in [0.15, 0.2) is 48.7 Å². The van der Waals surface area contributed by atoms with E-state index in [9.17, 15) is 0 Å². The molecule has 0 unspecified atom stereocenters. The Morgan fingerprint density at radius 1 is 1.04 bits per heavy atom. The number of rotatable bonds is 4. The quantitative estimate of drug-likeness (QED) is 0.863. The van der Waals surface area contributed by atoms with Gasteiger partial charge in [0.05, 0.1) is 17.3 Å². The third-order valence-electron chi connectivity index (χ3n) is 5.46. The largest absolute Gasteiger partial charge is 0.296 e. The van der Waals surface area contributed by atoms with E-state index in [0.29, 0.717) is 6.04 Å². The zero-order chi connectivity index (χ0) is 17.1. The minimum absolute atomic E-state index is 0.605. The highest BCUT2D eigenvalue weighted by Gasteiger charge is 2.34. The van der Waals surface area contributed by atoms with Crippen molar-refractivity contribution in [3.05, 3.63) is 65.5 Å². The highest BCUT2D eigenvalue weighted by Crippen LogP contribution is 2.29. The minimum atomic E-state index is 0.605. The molecule has 5 rings (SSSR count). The van der Waals surface area contributed by atoms with Crippen LogP contribution in [-0.2, 0) is 13.1 Å². The number of hydrogen-bond acceptors (Lipinski definition) is 4. The summed E-state index contributed by atoms with van der Waals surface area (Å²) in [7, 11) is 0. The van der Waals surface area contributed by atoms with Gasteiger partial charge < -0.3 is 0 Å². The van der Waals surface area contributed by atoms with Crippen LogP contribution in [0, 0.1) is 17.2 Å². The lowest BCUT2D eigenvalue weighted by molar-refractivity contribution is 0.123. The molecule has 3 fully saturated rings. The molecule has 3 aliphatic rings. The molecule has 1 aromatic carbocycles. The predicted octanol–water partition coefficient (Wildman–Crippen LogP) is 3.05. The van der Waals surface area contributed by atoms with Crippen LogP contribution in [0.3, 0.4) is 0 Å². The lowest BCUT2D eigenvalue weighted by Crippen LogP contribution is -2.43. The van der Waals surface area contributed by atoms with Gasteiger partial charge in [-0.15, -0.1) is 0 Å². The molecule has 4 heterocycles. The fraction of sp³-hybridized carbons (Fsp3) is 0.429. The van der Waals surface area contributed by atoms with Crippen molar-refractivity contribution in [2.24, 2.45) is 5.92 Å². The monoisotopic (exact) mass is 332 g/mol. The van der Waals surface area contributed by atoms with Gasteiger partial charge in [-0.05, 0) is 48.6 Å². The Morgan fingerprint density at radius 3 is 2.84 bits per heavy atom. The number of piperidine rings is 1. The SMILES string of the molecule is N#Cc1cccc(CN2C[C@@H]3CC[C@H]2CN(Cc2ccccn2)C3)c1. The Kier molecular flexibility index (Phi) is 4.78. The number of pyridine rings is 1. The van der Waals surface area contributed by atoms with Gasteiger partial charge in [0.25, 0.3) is 0 Å². The van der Waals surface area contributed by atoms with Crippen LogP contribution >= 0.6 is 0 Å². The van der Waals surface area contributed by atoms with Crippen molar-refractivity contribution in [1.82, 2.24) is 14.8 Å². The Bertz CT molecular complexity index is 752. The number of aromatic nitrogens is 1. The van der Waals surface area contributed by atoms with Crippen LogP contribution in [-0.4, -0.2) is 40.5 Å². The van der Waals surface area contributed by atoms with Crippen LogP contribution in [0.2, 0.25) is 0 Å². The molecule has 4 heteroatoms. The molecule has 128 valence electrons. The van der Waals surface area contributed by atoms with E-state index in [1.54, 1.807) is 0 Å². The van der Waals surface area contributed by atoms with Gasteiger partial charge in [-0.3, -0.25) is 14.8 Å². The van der Waals surface area contributed by atoms with Crippen LogP contribution in [0.5, 0.6) is 0 Å². The molecule has 25 heavy (non-hydrogen) atoms. The second-order valence-electron chi connectivity index (χ2n) is 7.35. The molecule has 3 saturated heterocycles. The fourth-order valence-corrected chi connectivity index (χ4v) is 4.29. The van der Waals surface area contributed by atoms with E-state index in [1.807, 2.05) is 30.5 Å². The minimum Gasteiger partial charge on any atom is -0.296 e. The molecule has 4 nitrogen and oxygen atoms in total. The van der Waals surface area contributed by atoms with Gasteiger partial charge in [-0.1, -0.05) is 18.2 Å². The molecule has 2 bridgehead atoms. The number of benzene rings is 1. The summed E-state index contributed by atoms with van der Waals surface area (Å²) < 4.78 is 0. The van der Waals surface area contributed by atoms with E-state index in [1.165, 1.54) is 31.5 Å². The summed E-state index contributed by atoms with van der Waals surface area (Å²) in [5.74, 6) is 0.738. The molecule has 0 aliphatic carbocycles. The topological polar surface area (TPSA) is 43.2 Å². The number of hydrogen-bond donors (Lipinski definition) is 0. The van der Waals surface area contributed by atoms with E-state index in [0.717, 1.165) is 36.8 Å². The van der Waals surface area contributed by atoms with E-state index >= 15 is 0 Å². The van der Waals surface area contributed by atoms with Crippen molar-refractivity contribution in [2.75, 3.05) is 19.6 Å². The number of fused-ring (bicyclic) bond motifs is 4. The predicted molar refractivity (Wildman–Crippen MR) is 97.6 cm³/mol. The van der Waals surface area contributed by atoms with Crippen LogP contribution in [0.4, 0.5) is 0 Å². The molecule has 0 spiro atoms. The first kappa shape index (κ1) is 16.3. The van der Waals surface area contributed by atoms with E-state index in [2.05, 4.69) is 39.1 Å². The Labute approximate surface area is 149 Å². The van der Waals surface area contributed by atoms with E-state index in [-0.39, 0.29) is 0 Å². The second-order valence-corrected chi connectivity index (χ2v) is 7.35. The molecular formula is C21H24N4. The molecule has 0 amide bonds. The van der Waals surface area contributed by atoms with Gasteiger partial charge in [0.2, 0.25) is 0 Å². The molecule has 0 saturated carbocycles.